The highest BCUT2D eigenvalue weighted by Crippen LogP contribution is 2.17. The highest BCUT2D eigenvalue weighted by Gasteiger charge is 2.01. The van der Waals surface area contributed by atoms with Crippen LogP contribution in [-0.4, -0.2) is 20.3 Å². The summed E-state index contributed by atoms with van der Waals surface area (Å²) in [7, 11) is 1.60. The van der Waals surface area contributed by atoms with Crippen molar-refractivity contribution < 1.29 is 14.0 Å². The molecule has 0 saturated carbocycles. The number of hydrogen-bond donors (Lipinski definition) is 1. The van der Waals surface area contributed by atoms with E-state index in [1.807, 2.05) is 0 Å². The van der Waals surface area contributed by atoms with Crippen LogP contribution < -0.4 is 5.48 Å². The lowest BCUT2D eigenvalue weighted by Crippen LogP contribution is -2.17. The van der Waals surface area contributed by atoms with Crippen LogP contribution in [-0.2, 0) is 16.1 Å². The molecule has 0 aromatic heterocycles. The van der Waals surface area contributed by atoms with Crippen LogP contribution >= 0.6 is 15.9 Å². The van der Waals surface area contributed by atoms with E-state index in [0.717, 1.165) is 10.0 Å². The third-order valence-corrected chi connectivity index (χ3v) is 2.54. The average molecular weight is 278 g/mol. The van der Waals surface area contributed by atoms with E-state index in [1.54, 1.807) is 13.2 Å². The first-order chi connectivity index (χ1) is 7.24. The first-order valence-corrected chi connectivity index (χ1v) is 5.31. The summed E-state index contributed by atoms with van der Waals surface area (Å²) in [5.41, 5.74) is 3.54. The van der Waals surface area contributed by atoms with E-state index in [9.17, 15) is 4.39 Å². The van der Waals surface area contributed by atoms with E-state index in [1.165, 1.54) is 12.1 Å². The van der Waals surface area contributed by atoms with Crippen LogP contribution in [0, 0.1) is 5.82 Å². The van der Waals surface area contributed by atoms with E-state index < -0.39 is 0 Å². The van der Waals surface area contributed by atoms with Crippen LogP contribution in [0.3, 0.4) is 0 Å². The monoisotopic (exact) mass is 277 g/mol. The maximum absolute atomic E-state index is 12.9. The first-order valence-electron chi connectivity index (χ1n) is 4.51. The molecule has 3 nitrogen and oxygen atoms in total. The van der Waals surface area contributed by atoms with Crippen LogP contribution in [0.2, 0.25) is 0 Å². The Kier molecular flexibility index (Phi) is 5.78. The van der Waals surface area contributed by atoms with Crippen LogP contribution in [0.15, 0.2) is 22.7 Å². The van der Waals surface area contributed by atoms with Crippen LogP contribution in [0.4, 0.5) is 4.39 Å². The minimum Gasteiger partial charge on any atom is -0.382 e. The Morgan fingerprint density at radius 3 is 2.93 bits per heavy atom. The molecule has 0 atom stereocenters. The number of ether oxygens (including phenoxy) is 1. The summed E-state index contributed by atoms with van der Waals surface area (Å²) in [5.74, 6) is -0.258. The fourth-order valence-corrected chi connectivity index (χ4v) is 1.39. The molecular formula is C10H13BrFNO2. The van der Waals surface area contributed by atoms with E-state index in [0.29, 0.717) is 19.8 Å². The zero-order valence-electron chi connectivity index (χ0n) is 8.43. The smallest absolute Gasteiger partial charge is 0.123 e. The summed E-state index contributed by atoms with van der Waals surface area (Å²) in [6.45, 7) is 1.43. The molecule has 15 heavy (non-hydrogen) atoms. The fourth-order valence-electron chi connectivity index (χ4n) is 1.00. The van der Waals surface area contributed by atoms with E-state index in [2.05, 4.69) is 21.4 Å². The molecule has 1 rings (SSSR count). The fraction of sp³-hybridized carbons (Fsp3) is 0.400. The van der Waals surface area contributed by atoms with Gasteiger partial charge in [-0.3, -0.25) is 4.84 Å². The second-order valence-electron chi connectivity index (χ2n) is 2.90. The van der Waals surface area contributed by atoms with Gasteiger partial charge in [-0.15, -0.1) is 0 Å². The minimum atomic E-state index is -0.258. The molecular weight excluding hydrogens is 265 g/mol. The largest absolute Gasteiger partial charge is 0.382 e. The van der Waals surface area contributed by atoms with Crippen molar-refractivity contribution in [3.8, 4) is 0 Å². The van der Waals surface area contributed by atoms with Crippen molar-refractivity contribution in [2.75, 3.05) is 20.3 Å². The molecule has 0 spiro atoms. The van der Waals surface area contributed by atoms with Gasteiger partial charge in [-0.2, -0.15) is 5.48 Å². The lowest BCUT2D eigenvalue weighted by atomic mass is 10.2. The minimum absolute atomic E-state index is 0.258. The topological polar surface area (TPSA) is 30.5 Å². The van der Waals surface area contributed by atoms with Crippen molar-refractivity contribution in [3.05, 3.63) is 34.1 Å². The Hall–Kier alpha value is -0.490. The molecule has 84 valence electrons. The summed E-state index contributed by atoms with van der Waals surface area (Å²) in [4.78, 5) is 5.05. The molecule has 0 heterocycles. The van der Waals surface area contributed by atoms with Gasteiger partial charge in [0.1, 0.15) is 5.82 Å². The maximum Gasteiger partial charge on any atom is 0.123 e. The molecule has 1 aromatic carbocycles. The lowest BCUT2D eigenvalue weighted by Gasteiger charge is -2.07. The summed E-state index contributed by atoms with van der Waals surface area (Å²) in [5, 5.41) is 0. The Bertz CT molecular complexity index is 309. The van der Waals surface area contributed by atoms with Gasteiger partial charge in [0.2, 0.25) is 0 Å². The van der Waals surface area contributed by atoms with Crippen molar-refractivity contribution in [2.24, 2.45) is 0 Å². The van der Waals surface area contributed by atoms with Gasteiger partial charge >= 0.3 is 0 Å². The number of hydroxylamine groups is 1. The SMILES string of the molecule is COCCONCc1cc(F)ccc1Br. The van der Waals surface area contributed by atoms with E-state index >= 15 is 0 Å². The molecule has 5 heteroatoms. The maximum atomic E-state index is 12.9. The predicted octanol–water partition coefficient (Wildman–Crippen LogP) is 2.26. The Morgan fingerprint density at radius 1 is 1.40 bits per heavy atom. The highest BCUT2D eigenvalue weighted by atomic mass is 79.9. The normalized spacial score (nSPS) is 10.6. The van der Waals surface area contributed by atoms with Gasteiger partial charge in [0.05, 0.1) is 13.2 Å². The summed E-state index contributed by atoms with van der Waals surface area (Å²) in [6, 6.07) is 4.53. The number of nitrogens with one attached hydrogen (secondary N) is 1. The molecule has 1 aromatic rings. The Labute approximate surface area is 96.7 Å². The summed E-state index contributed by atoms with van der Waals surface area (Å²) < 4.78 is 18.5. The highest BCUT2D eigenvalue weighted by molar-refractivity contribution is 9.10. The van der Waals surface area contributed by atoms with Gasteiger partial charge < -0.3 is 4.74 Å². The molecule has 0 fully saturated rings. The van der Waals surface area contributed by atoms with Crippen molar-refractivity contribution in [3.63, 3.8) is 0 Å². The summed E-state index contributed by atoms with van der Waals surface area (Å²) in [6.07, 6.45) is 0. The molecule has 1 N–H and O–H groups in total. The van der Waals surface area contributed by atoms with Crippen LogP contribution in [0.25, 0.3) is 0 Å². The third-order valence-electron chi connectivity index (χ3n) is 1.76. The molecule has 0 radical (unpaired) electrons. The van der Waals surface area contributed by atoms with Crippen molar-refractivity contribution in [2.45, 2.75) is 6.54 Å². The van der Waals surface area contributed by atoms with Gasteiger partial charge in [0, 0.05) is 18.1 Å². The quantitative estimate of drug-likeness (QED) is 0.639. The number of hydrogen-bond acceptors (Lipinski definition) is 3. The average Bonchev–Trinajstić information content (AvgIpc) is 2.23. The second-order valence-corrected chi connectivity index (χ2v) is 3.75. The van der Waals surface area contributed by atoms with Gasteiger partial charge in [0.15, 0.2) is 0 Å². The van der Waals surface area contributed by atoms with Gasteiger partial charge in [-0.05, 0) is 23.8 Å². The predicted molar refractivity (Wildman–Crippen MR) is 58.8 cm³/mol. The first kappa shape index (κ1) is 12.6. The number of benzene rings is 1. The van der Waals surface area contributed by atoms with Crippen molar-refractivity contribution in [1.29, 1.82) is 0 Å². The lowest BCUT2D eigenvalue weighted by molar-refractivity contribution is 0.00336. The molecule has 0 unspecified atom stereocenters. The number of halogens is 2. The van der Waals surface area contributed by atoms with Crippen molar-refractivity contribution >= 4 is 15.9 Å². The zero-order chi connectivity index (χ0) is 11.1. The number of methoxy groups -OCH3 is 1. The van der Waals surface area contributed by atoms with Crippen molar-refractivity contribution in [1.82, 2.24) is 5.48 Å². The molecule has 0 bridgehead atoms. The standard InChI is InChI=1S/C10H13BrFNO2/c1-14-4-5-15-13-7-8-6-9(12)2-3-10(8)11/h2-3,6,13H,4-5,7H2,1H3. The zero-order valence-corrected chi connectivity index (χ0v) is 10.0. The van der Waals surface area contributed by atoms with Crippen LogP contribution in [0.5, 0.6) is 0 Å². The molecule has 0 aliphatic rings. The number of rotatable bonds is 6. The van der Waals surface area contributed by atoms with E-state index in [-0.39, 0.29) is 5.82 Å². The molecule has 0 aliphatic heterocycles. The third kappa shape index (κ3) is 4.70. The second kappa shape index (κ2) is 6.90. The molecule has 0 aliphatic carbocycles. The van der Waals surface area contributed by atoms with Crippen LogP contribution in [0.1, 0.15) is 5.56 Å². The summed E-state index contributed by atoms with van der Waals surface area (Å²) >= 11 is 3.33. The van der Waals surface area contributed by atoms with Gasteiger partial charge in [-0.25, -0.2) is 4.39 Å². The van der Waals surface area contributed by atoms with E-state index in [4.69, 9.17) is 9.57 Å². The van der Waals surface area contributed by atoms with Gasteiger partial charge in [0.25, 0.3) is 0 Å². The Balaban J connectivity index is 2.33. The molecule has 0 saturated heterocycles. The Morgan fingerprint density at radius 2 is 2.20 bits per heavy atom. The molecule has 0 amide bonds. The van der Waals surface area contributed by atoms with Gasteiger partial charge in [-0.1, -0.05) is 15.9 Å².